The first-order valence-electron chi connectivity index (χ1n) is 7.59. The van der Waals surface area contributed by atoms with Crippen LogP contribution in [0.1, 0.15) is 64.7 Å². The SMILES string of the molecule is CC(CC1CCCC1)NC(C1CC1)C1CC1. The van der Waals surface area contributed by atoms with Gasteiger partial charge in [-0.05, 0) is 56.8 Å². The average molecular weight is 221 g/mol. The van der Waals surface area contributed by atoms with Gasteiger partial charge in [0.1, 0.15) is 0 Å². The second-order valence-electron chi connectivity index (χ2n) is 6.65. The largest absolute Gasteiger partial charge is 0.311 e. The van der Waals surface area contributed by atoms with Crippen molar-refractivity contribution in [3.05, 3.63) is 0 Å². The quantitative estimate of drug-likeness (QED) is 0.720. The lowest BCUT2D eigenvalue weighted by atomic mass is 9.97. The zero-order chi connectivity index (χ0) is 11.0. The van der Waals surface area contributed by atoms with E-state index in [0.29, 0.717) is 0 Å². The Morgan fingerprint density at radius 3 is 2.00 bits per heavy atom. The van der Waals surface area contributed by atoms with Gasteiger partial charge in [-0.25, -0.2) is 0 Å². The first kappa shape index (κ1) is 11.1. The number of rotatable bonds is 6. The second-order valence-corrected chi connectivity index (χ2v) is 6.65. The summed E-state index contributed by atoms with van der Waals surface area (Å²) >= 11 is 0. The molecule has 1 atom stereocenters. The summed E-state index contributed by atoms with van der Waals surface area (Å²) in [7, 11) is 0. The third-order valence-electron chi connectivity index (χ3n) is 4.90. The molecule has 3 aliphatic rings. The summed E-state index contributed by atoms with van der Waals surface area (Å²) in [4.78, 5) is 0. The van der Waals surface area contributed by atoms with Crippen molar-refractivity contribution in [1.82, 2.24) is 5.32 Å². The van der Waals surface area contributed by atoms with Gasteiger partial charge in [-0.1, -0.05) is 25.7 Å². The summed E-state index contributed by atoms with van der Waals surface area (Å²) in [5.41, 5.74) is 0. The van der Waals surface area contributed by atoms with Crippen LogP contribution in [0, 0.1) is 17.8 Å². The Labute approximate surface area is 100 Å². The Kier molecular flexibility index (Phi) is 3.24. The van der Waals surface area contributed by atoms with Gasteiger partial charge in [-0.15, -0.1) is 0 Å². The van der Waals surface area contributed by atoms with E-state index in [1.165, 1.54) is 57.8 Å². The predicted octanol–water partition coefficient (Wildman–Crippen LogP) is 3.73. The van der Waals surface area contributed by atoms with Crippen molar-refractivity contribution in [1.29, 1.82) is 0 Å². The highest BCUT2D eigenvalue weighted by Crippen LogP contribution is 2.45. The lowest BCUT2D eigenvalue weighted by Crippen LogP contribution is -2.40. The zero-order valence-corrected chi connectivity index (χ0v) is 10.8. The van der Waals surface area contributed by atoms with Gasteiger partial charge in [0.2, 0.25) is 0 Å². The molecule has 0 aromatic rings. The minimum atomic E-state index is 0.772. The van der Waals surface area contributed by atoms with Crippen molar-refractivity contribution >= 4 is 0 Å². The van der Waals surface area contributed by atoms with Gasteiger partial charge in [0.15, 0.2) is 0 Å². The fourth-order valence-electron chi connectivity index (χ4n) is 3.71. The van der Waals surface area contributed by atoms with E-state index < -0.39 is 0 Å². The van der Waals surface area contributed by atoms with E-state index >= 15 is 0 Å². The molecule has 0 aliphatic heterocycles. The van der Waals surface area contributed by atoms with Crippen LogP contribution in [-0.4, -0.2) is 12.1 Å². The van der Waals surface area contributed by atoms with E-state index in [-0.39, 0.29) is 0 Å². The third kappa shape index (κ3) is 2.80. The maximum atomic E-state index is 3.97. The van der Waals surface area contributed by atoms with Gasteiger partial charge in [0, 0.05) is 12.1 Å². The number of hydrogen-bond donors (Lipinski definition) is 1. The first-order valence-corrected chi connectivity index (χ1v) is 7.59. The number of hydrogen-bond acceptors (Lipinski definition) is 1. The molecule has 1 nitrogen and oxygen atoms in total. The van der Waals surface area contributed by atoms with Crippen LogP contribution in [0.15, 0.2) is 0 Å². The molecule has 3 rings (SSSR count). The Hall–Kier alpha value is -0.0400. The Bertz CT molecular complexity index is 212. The molecule has 0 heterocycles. The van der Waals surface area contributed by atoms with Crippen molar-refractivity contribution < 1.29 is 0 Å². The average Bonchev–Trinajstić information content (AvgIpc) is 3.17. The van der Waals surface area contributed by atoms with Crippen molar-refractivity contribution in [3.8, 4) is 0 Å². The van der Waals surface area contributed by atoms with E-state index in [9.17, 15) is 0 Å². The molecule has 0 saturated heterocycles. The molecule has 16 heavy (non-hydrogen) atoms. The molecule has 0 spiro atoms. The van der Waals surface area contributed by atoms with Crippen molar-refractivity contribution in [3.63, 3.8) is 0 Å². The molecule has 92 valence electrons. The molecular formula is C15H27N. The van der Waals surface area contributed by atoms with Crippen molar-refractivity contribution in [2.24, 2.45) is 17.8 Å². The van der Waals surface area contributed by atoms with Gasteiger partial charge in [-0.3, -0.25) is 0 Å². The van der Waals surface area contributed by atoms with Crippen LogP contribution in [0.3, 0.4) is 0 Å². The van der Waals surface area contributed by atoms with E-state index in [0.717, 1.165) is 29.8 Å². The van der Waals surface area contributed by atoms with E-state index in [2.05, 4.69) is 12.2 Å². The Balaban J connectivity index is 1.44. The predicted molar refractivity (Wildman–Crippen MR) is 68.4 cm³/mol. The van der Waals surface area contributed by atoms with E-state index in [4.69, 9.17) is 0 Å². The normalized spacial score (nSPS) is 28.9. The maximum Gasteiger partial charge on any atom is 0.0126 e. The Morgan fingerprint density at radius 1 is 0.938 bits per heavy atom. The number of nitrogens with one attached hydrogen (secondary N) is 1. The standard InChI is InChI=1S/C15H27N/c1-11(10-12-4-2-3-5-12)16-15(13-6-7-13)14-8-9-14/h11-16H,2-10H2,1H3. The van der Waals surface area contributed by atoms with E-state index in [1.807, 2.05) is 0 Å². The molecule has 0 amide bonds. The second kappa shape index (κ2) is 4.68. The lowest BCUT2D eigenvalue weighted by molar-refractivity contribution is 0.328. The highest BCUT2D eigenvalue weighted by Gasteiger charge is 2.41. The molecule has 1 unspecified atom stereocenters. The summed E-state index contributed by atoms with van der Waals surface area (Å²) in [5.74, 6) is 3.15. The minimum absolute atomic E-state index is 0.772. The maximum absolute atomic E-state index is 3.97. The van der Waals surface area contributed by atoms with Crippen LogP contribution in [0.5, 0.6) is 0 Å². The first-order chi connectivity index (χ1) is 7.83. The van der Waals surface area contributed by atoms with Crippen LogP contribution >= 0.6 is 0 Å². The molecule has 1 N–H and O–H groups in total. The Morgan fingerprint density at radius 2 is 1.50 bits per heavy atom. The highest BCUT2D eigenvalue weighted by atomic mass is 15.0. The van der Waals surface area contributed by atoms with Crippen LogP contribution in [-0.2, 0) is 0 Å². The summed E-state index contributed by atoms with van der Waals surface area (Å²) < 4.78 is 0. The topological polar surface area (TPSA) is 12.0 Å². The molecule has 0 aromatic heterocycles. The minimum Gasteiger partial charge on any atom is -0.311 e. The van der Waals surface area contributed by atoms with Gasteiger partial charge in [-0.2, -0.15) is 0 Å². The summed E-state index contributed by atoms with van der Waals surface area (Å²) in [6.07, 6.45) is 13.4. The van der Waals surface area contributed by atoms with E-state index in [1.54, 1.807) is 0 Å². The smallest absolute Gasteiger partial charge is 0.0126 e. The molecule has 0 aromatic carbocycles. The molecule has 0 radical (unpaired) electrons. The highest BCUT2D eigenvalue weighted by molar-refractivity contribution is 4.97. The zero-order valence-electron chi connectivity index (χ0n) is 10.8. The summed E-state index contributed by atoms with van der Waals surface area (Å²) in [5, 5.41) is 3.97. The lowest BCUT2D eigenvalue weighted by Gasteiger charge is -2.25. The molecule has 3 fully saturated rings. The molecule has 3 saturated carbocycles. The fourth-order valence-corrected chi connectivity index (χ4v) is 3.71. The monoisotopic (exact) mass is 221 g/mol. The van der Waals surface area contributed by atoms with Crippen molar-refractivity contribution in [2.45, 2.75) is 76.8 Å². The molecule has 1 heteroatoms. The van der Waals surface area contributed by atoms with Gasteiger partial charge >= 0.3 is 0 Å². The summed E-state index contributed by atoms with van der Waals surface area (Å²) in [6, 6.07) is 1.67. The van der Waals surface area contributed by atoms with Crippen LogP contribution in [0.4, 0.5) is 0 Å². The van der Waals surface area contributed by atoms with Gasteiger partial charge in [0.05, 0.1) is 0 Å². The molecule has 3 aliphatic carbocycles. The van der Waals surface area contributed by atoms with Crippen molar-refractivity contribution in [2.75, 3.05) is 0 Å². The van der Waals surface area contributed by atoms with Gasteiger partial charge < -0.3 is 5.32 Å². The third-order valence-corrected chi connectivity index (χ3v) is 4.90. The molecule has 0 bridgehead atoms. The summed E-state index contributed by atoms with van der Waals surface area (Å²) in [6.45, 7) is 2.43. The van der Waals surface area contributed by atoms with Crippen LogP contribution in [0.25, 0.3) is 0 Å². The van der Waals surface area contributed by atoms with Crippen LogP contribution in [0.2, 0.25) is 0 Å². The molecular weight excluding hydrogens is 194 g/mol. The fraction of sp³-hybridized carbons (Fsp3) is 1.00. The van der Waals surface area contributed by atoms with Gasteiger partial charge in [0.25, 0.3) is 0 Å². The van der Waals surface area contributed by atoms with Crippen LogP contribution < -0.4 is 5.32 Å².